The molecule has 1 fully saturated rings. The normalized spacial score (nSPS) is 15.1. The van der Waals surface area contributed by atoms with Gasteiger partial charge in [-0.05, 0) is 41.1 Å². The molecule has 0 spiro atoms. The third kappa shape index (κ3) is 3.46. The Kier molecular flexibility index (Phi) is 4.67. The van der Waals surface area contributed by atoms with Crippen LogP contribution < -0.4 is 4.90 Å². The van der Waals surface area contributed by atoms with Crippen LogP contribution in [0.3, 0.4) is 0 Å². The van der Waals surface area contributed by atoms with E-state index in [0.29, 0.717) is 0 Å². The molecule has 1 N–H and O–H groups in total. The third-order valence-corrected chi connectivity index (χ3v) is 5.00. The zero-order chi connectivity index (χ0) is 17.9. The van der Waals surface area contributed by atoms with Crippen molar-refractivity contribution in [3.63, 3.8) is 0 Å². The second-order valence-electron chi connectivity index (χ2n) is 6.38. The summed E-state index contributed by atoms with van der Waals surface area (Å²) in [7, 11) is 0. The highest BCUT2D eigenvalue weighted by molar-refractivity contribution is 6.30. The van der Waals surface area contributed by atoms with Crippen molar-refractivity contribution in [3.05, 3.63) is 71.2 Å². The molecule has 0 saturated carbocycles. The van der Waals surface area contributed by atoms with Crippen LogP contribution in [0.4, 0.5) is 5.69 Å². The predicted molar refractivity (Wildman–Crippen MR) is 108 cm³/mol. The van der Waals surface area contributed by atoms with Gasteiger partial charge in [0.15, 0.2) is 0 Å². The van der Waals surface area contributed by atoms with Gasteiger partial charge < -0.3 is 10.0 Å². The smallest absolute Gasteiger partial charge is 0.125 e. The Labute approximate surface area is 157 Å². The fourth-order valence-corrected chi connectivity index (χ4v) is 3.41. The highest BCUT2D eigenvalue weighted by Crippen LogP contribution is 2.26. The molecule has 3 aromatic carbocycles. The van der Waals surface area contributed by atoms with Gasteiger partial charge in [-0.25, -0.2) is 0 Å². The van der Waals surface area contributed by atoms with Crippen LogP contribution in [-0.2, 0) is 0 Å². The summed E-state index contributed by atoms with van der Waals surface area (Å²) in [6.07, 6.45) is 1.77. The molecular weight excluding hydrogens is 346 g/mol. The fourth-order valence-electron chi connectivity index (χ4n) is 3.28. The summed E-state index contributed by atoms with van der Waals surface area (Å²) in [6.45, 7) is 3.48. The molecule has 0 aliphatic carbocycles. The first-order valence-electron chi connectivity index (χ1n) is 8.71. The van der Waals surface area contributed by atoms with Gasteiger partial charge in [-0.2, -0.15) is 5.10 Å². The van der Waals surface area contributed by atoms with Crippen LogP contribution in [0.1, 0.15) is 5.56 Å². The van der Waals surface area contributed by atoms with Gasteiger partial charge in [0.1, 0.15) is 5.75 Å². The highest BCUT2D eigenvalue weighted by Gasteiger charge is 2.16. The van der Waals surface area contributed by atoms with E-state index in [1.54, 1.807) is 12.3 Å². The molecule has 4 nitrogen and oxygen atoms in total. The number of hydrazone groups is 1. The molecular formula is C21H20ClN3O. The van der Waals surface area contributed by atoms with E-state index in [4.69, 9.17) is 11.6 Å². The number of anilines is 1. The Balaban J connectivity index is 1.46. The highest BCUT2D eigenvalue weighted by atomic mass is 35.5. The maximum absolute atomic E-state index is 10.2. The van der Waals surface area contributed by atoms with E-state index in [-0.39, 0.29) is 5.75 Å². The third-order valence-electron chi connectivity index (χ3n) is 4.75. The van der Waals surface area contributed by atoms with Crippen LogP contribution in [0.25, 0.3) is 10.8 Å². The first kappa shape index (κ1) is 16.7. The maximum atomic E-state index is 10.2. The predicted octanol–water partition coefficient (Wildman–Crippen LogP) is 4.35. The van der Waals surface area contributed by atoms with Crippen LogP contribution >= 0.6 is 11.6 Å². The number of piperazine rings is 1. The lowest BCUT2D eigenvalue weighted by Gasteiger charge is -2.34. The first-order chi connectivity index (χ1) is 12.7. The van der Waals surface area contributed by atoms with Crippen molar-refractivity contribution in [1.82, 2.24) is 5.01 Å². The molecule has 1 aliphatic rings. The molecule has 1 heterocycles. The van der Waals surface area contributed by atoms with E-state index >= 15 is 0 Å². The maximum Gasteiger partial charge on any atom is 0.125 e. The van der Waals surface area contributed by atoms with E-state index in [1.165, 1.54) is 5.69 Å². The minimum Gasteiger partial charge on any atom is -0.507 e. The fraction of sp³-hybridized carbons (Fsp3) is 0.190. The molecule has 1 aliphatic heterocycles. The average Bonchev–Trinajstić information content (AvgIpc) is 2.68. The van der Waals surface area contributed by atoms with Gasteiger partial charge in [-0.3, -0.25) is 5.01 Å². The lowest BCUT2D eigenvalue weighted by molar-refractivity contribution is 0.272. The van der Waals surface area contributed by atoms with Gasteiger partial charge in [0, 0.05) is 29.4 Å². The van der Waals surface area contributed by atoms with Crippen molar-refractivity contribution in [1.29, 1.82) is 0 Å². The summed E-state index contributed by atoms with van der Waals surface area (Å²) in [5.41, 5.74) is 1.95. The average molecular weight is 366 g/mol. The van der Waals surface area contributed by atoms with Crippen LogP contribution in [0.2, 0.25) is 5.02 Å². The molecule has 1 saturated heterocycles. The Hall–Kier alpha value is -2.72. The number of phenols is 1. The zero-order valence-corrected chi connectivity index (χ0v) is 15.1. The summed E-state index contributed by atoms with van der Waals surface area (Å²) in [6, 6.07) is 19.6. The topological polar surface area (TPSA) is 39.1 Å². The van der Waals surface area contributed by atoms with Gasteiger partial charge in [0.2, 0.25) is 0 Å². The Morgan fingerprint density at radius 2 is 1.62 bits per heavy atom. The number of fused-ring (bicyclic) bond motifs is 1. The largest absolute Gasteiger partial charge is 0.507 e. The summed E-state index contributed by atoms with van der Waals surface area (Å²) in [5.74, 6) is 0.257. The Morgan fingerprint density at radius 1 is 0.885 bits per heavy atom. The first-order valence-corrected chi connectivity index (χ1v) is 9.09. The molecule has 0 atom stereocenters. The summed E-state index contributed by atoms with van der Waals surface area (Å²) >= 11 is 5.96. The summed E-state index contributed by atoms with van der Waals surface area (Å²) in [5, 5.41) is 19.7. The van der Waals surface area contributed by atoms with Crippen molar-refractivity contribution in [2.75, 3.05) is 31.1 Å². The number of hydrogen-bond donors (Lipinski definition) is 1. The van der Waals surface area contributed by atoms with Crippen LogP contribution in [0, 0.1) is 0 Å². The van der Waals surface area contributed by atoms with Crippen molar-refractivity contribution in [3.8, 4) is 5.75 Å². The molecule has 4 rings (SSSR count). The van der Waals surface area contributed by atoms with Crippen molar-refractivity contribution < 1.29 is 5.11 Å². The number of aromatic hydroxyl groups is 1. The zero-order valence-electron chi connectivity index (χ0n) is 14.3. The molecule has 0 aromatic heterocycles. The van der Waals surface area contributed by atoms with E-state index in [9.17, 15) is 5.11 Å². The second-order valence-corrected chi connectivity index (χ2v) is 6.82. The number of rotatable bonds is 3. The van der Waals surface area contributed by atoms with Gasteiger partial charge in [-0.1, -0.05) is 41.9 Å². The Bertz CT molecular complexity index is 932. The minimum atomic E-state index is 0.257. The number of nitrogens with zero attached hydrogens (tertiary/aromatic N) is 3. The van der Waals surface area contributed by atoms with E-state index in [0.717, 1.165) is 47.5 Å². The summed E-state index contributed by atoms with van der Waals surface area (Å²) in [4.78, 5) is 2.33. The standard InChI is InChI=1S/C21H20ClN3O/c22-17-6-8-18(9-7-17)24-11-13-25(14-12-24)23-15-20-19-4-2-1-3-16(19)5-10-21(20)26/h1-10,15,26H,11-14H2/b23-15+. The van der Waals surface area contributed by atoms with Gasteiger partial charge in [0.05, 0.1) is 19.3 Å². The van der Waals surface area contributed by atoms with E-state index in [1.807, 2.05) is 47.5 Å². The van der Waals surface area contributed by atoms with Crippen molar-refractivity contribution in [2.24, 2.45) is 5.10 Å². The van der Waals surface area contributed by atoms with E-state index in [2.05, 4.69) is 22.1 Å². The van der Waals surface area contributed by atoms with Crippen molar-refractivity contribution in [2.45, 2.75) is 0 Å². The van der Waals surface area contributed by atoms with Gasteiger partial charge >= 0.3 is 0 Å². The second kappa shape index (κ2) is 7.26. The lowest BCUT2D eigenvalue weighted by Crippen LogP contribution is -2.44. The number of phenolic OH excluding ortho intramolecular Hbond substituents is 1. The van der Waals surface area contributed by atoms with Crippen LogP contribution in [0.15, 0.2) is 65.8 Å². The Morgan fingerprint density at radius 3 is 2.38 bits per heavy atom. The number of hydrogen-bond acceptors (Lipinski definition) is 4. The number of halogens is 1. The molecule has 0 unspecified atom stereocenters. The lowest BCUT2D eigenvalue weighted by atomic mass is 10.0. The van der Waals surface area contributed by atoms with Crippen LogP contribution in [0.5, 0.6) is 5.75 Å². The molecule has 3 aromatic rings. The van der Waals surface area contributed by atoms with Gasteiger partial charge in [-0.15, -0.1) is 0 Å². The molecule has 132 valence electrons. The minimum absolute atomic E-state index is 0.257. The monoisotopic (exact) mass is 365 g/mol. The molecule has 0 bridgehead atoms. The van der Waals surface area contributed by atoms with Crippen molar-refractivity contribution >= 4 is 34.3 Å². The van der Waals surface area contributed by atoms with E-state index < -0.39 is 0 Å². The quantitative estimate of drug-likeness (QED) is 0.701. The van der Waals surface area contributed by atoms with Gasteiger partial charge in [0.25, 0.3) is 0 Å². The number of benzene rings is 3. The SMILES string of the molecule is Oc1ccc2ccccc2c1/C=N/N1CCN(c2ccc(Cl)cc2)CC1. The van der Waals surface area contributed by atoms with Crippen LogP contribution in [-0.4, -0.2) is 42.5 Å². The molecule has 26 heavy (non-hydrogen) atoms. The molecule has 5 heteroatoms. The molecule has 0 amide bonds. The molecule has 0 radical (unpaired) electrons. The summed E-state index contributed by atoms with van der Waals surface area (Å²) < 4.78 is 0.